The van der Waals surface area contributed by atoms with E-state index in [0.29, 0.717) is 66.3 Å². The van der Waals surface area contributed by atoms with Gasteiger partial charge in [0.05, 0.1) is 31.1 Å². The Morgan fingerprint density at radius 2 is 1.39 bits per heavy atom. The minimum atomic E-state index is -4.50. The number of nitrogens with zero attached hydrogens (tertiary/aromatic N) is 2. The molecule has 0 fully saturated rings. The van der Waals surface area contributed by atoms with E-state index in [0.717, 1.165) is 29.0 Å². The predicted octanol–water partition coefficient (Wildman–Crippen LogP) is 6.39. The Kier molecular flexibility index (Phi) is 13.0. The fourth-order valence-corrected chi connectivity index (χ4v) is 10.2. The van der Waals surface area contributed by atoms with Crippen LogP contribution in [0.25, 0.3) is 0 Å². The third kappa shape index (κ3) is 10.3. The number of halogens is 1. The Balaban J connectivity index is 1.52. The zero-order valence-corrected chi connectivity index (χ0v) is 36.0. The highest BCUT2D eigenvalue weighted by atomic mass is 35.5. The van der Waals surface area contributed by atoms with E-state index in [9.17, 15) is 51.9 Å². The molecule has 2 aromatic carbocycles. The quantitative estimate of drug-likeness (QED) is 0.100. The lowest BCUT2D eigenvalue weighted by Gasteiger charge is -2.27. The summed E-state index contributed by atoms with van der Waals surface area (Å²) in [5.74, 6) is -0.922. The molecule has 2 aromatic rings. The van der Waals surface area contributed by atoms with Crippen molar-refractivity contribution in [3.8, 4) is 0 Å². The molecule has 3 aliphatic rings. The first-order valence-electron chi connectivity index (χ1n) is 18.3. The molecule has 1 aliphatic carbocycles. The van der Waals surface area contributed by atoms with Crippen LogP contribution in [0.15, 0.2) is 92.4 Å². The number of fused-ring (bicyclic) bond motifs is 2. The summed E-state index contributed by atoms with van der Waals surface area (Å²) in [7, 11) is -17.5. The van der Waals surface area contributed by atoms with E-state index >= 15 is 0 Å². The van der Waals surface area contributed by atoms with Crippen LogP contribution in [0, 0.1) is 0 Å². The van der Waals surface area contributed by atoms with Gasteiger partial charge in [-0.1, -0.05) is 37.6 Å². The van der Waals surface area contributed by atoms with Crippen LogP contribution in [0.2, 0.25) is 0 Å². The van der Waals surface area contributed by atoms with Gasteiger partial charge in [-0.25, -0.2) is 8.42 Å². The summed E-state index contributed by atoms with van der Waals surface area (Å²) in [5, 5.41) is 0.519. The van der Waals surface area contributed by atoms with E-state index in [1.54, 1.807) is 12.1 Å². The highest BCUT2D eigenvalue weighted by molar-refractivity contribution is 7.86. The van der Waals surface area contributed by atoms with Gasteiger partial charge in [0.25, 0.3) is 30.4 Å². The van der Waals surface area contributed by atoms with Gasteiger partial charge in [-0.3, -0.25) is 13.7 Å². The third-order valence-corrected chi connectivity index (χ3v) is 14.5. The third-order valence-electron chi connectivity index (χ3n) is 10.7. The van der Waals surface area contributed by atoms with Crippen molar-refractivity contribution < 1.29 is 56.5 Å². The van der Waals surface area contributed by atoms with E-state index in [1.165, 1.54) is 24.3 Å². The number of hydrogen-bond donors (Lipinski definition) is 3. The van der Waals surface area contributed by atoms with Gasteiger partial charge in [-0.05, 0) is 105 Å². The number of hydrogen-bond acceptors (Lipinski definition) is 10. The summed E-state index contributed by atoms with van der Waals surface area (Å²) < 4.78 is 135. The summed E-state index contributed by atoms with van der Waals surface area (Å²) in [6.07, 6.45) is 10.7. The van der Waals surface area contributed by atoms with Crippen molar-refractivity contribution in [3.63, 3.8) is 0 Å². The second-order valence-corrected chi connectivity index (χ2v) is 21.8. The van der Waals surface area contributed by atoms with Gasteiger partial charge in [0.1, 0.15) is 6.54 Å². The first kappa shape index (κ1) is 44.9. The molecule has 0 amide bonds. The van der Waals surface area contributed by atoms with Gasteiger partial charge in [0.2, 0.25) is 5.69 Å². The van der Waals surface area contributed by atoms with Crippen LogP contribution in [0.5, 0.6) is 0 Å². The van der Waals surface area contributed by atoms with Crippen molar-refractivity contribution in [2.24, 2.45) is 0 Å². The van der Waals surface area contributed by atoms with E-state index in [1.807, 2.05) is 61.5 Å². The van der Waals surface area contributed by atoms with Crippen LogP contribution >= 0.6 is 11.6 Å². The van der Waals surface area contributed by atoms with Gasteiger partial charge in [-0.2, -0.15) is 29.8 Å². The van der Waals surface area contributed by atoms with Crippen molar-refractivity contribution in [1.29, 1.82) is 0 Å². The maximum Gasteiger partial charge on any atom is 0.294 e. The van der Waals surface area contributed by atoms with Gasteiger partial charge >= 0.3 is 0 Å². The zero-order chi connectivity index (χ0) is 42.4. The molecule has 2 heterocycles. The standard InChI is InChI=1S/C38H47ClN2O12S4/c1-37(2)30-24-28(56(48,49)50)14-16-32(30)40(20-5-7-22-54(42,43)44)34(37)18-12-26-10-9-11-27(36(26)39)13-19-35-38(3,4)31-25-29(57(51,52)53)15-17-33(31)41(35)21-6-8-23-55(45,46)47/h12-19,24-25H,5-11,20-23H2,1-4H3,(H3-,42,43,44,45,46,47,48,49,50,51,52,53). The van der Waals surface area contributed by atoms with Gasteiger partial charge < -0.3 is 9.45 Å². The highest BCUT2D eigenvalue weighted by Gasteiger charge is 2.45. The first-order valence-corrected chi connectivity index (χ1v) is 24.7. The molecular formula is C38H47ClN2O12S4. The number of allylic oxidation sites excluding steroid dienone is 8. The molecule has 0 unspecified atom stereocenters. The maximum atomic E-state index is 12.0. The molecule has 2 aliphatic heterocycles. The summed E-state index contributed by atoms with van der Waals surface area (Å²) >= 11 is 7.08. The van der Waals surface area contributed by atoms with Crippen LogP contribution in [-0.4, -0.2) is 86.8 Å². The van der Waals surface area contributed by atoms with Crippen LogP contribution in [-0.2, 0) is 51.3 Å². The molecule has 14 nitrogen and oxygen atoms in total. The van der Waals surface area contributed by atoms with Gasteiger partial charge in [0.15, 0.2) is 5.71 Å². The molecule has 0 saturated carbocycles. The Morgan fingerprint density at radius 3 is 2.00 bits per heavy atom. The monoisotopic (exact) mass is 886 g/mol. The number of anilines is 1. The minimum Gasteiger partial charge on any atom is -0.748 e. The fourth-order valence-electron chi connectivity index (χ4n) is 7.78. The number of rotatable bonds is 15. The summed E-state index contributed by atoms with van der Waals surface area (Å²) in [6, 6.07) is 8.66. The van der Waals surface area contributed by atoms with E-state index in [2.05, 4.69) is 0 Å². The Hall–Kier alpha value is -3.20. The zero-order valence-electron chi connectivity index (χ0n) is 32.0. The number of benzene rings is 2. The first-order chi connectivity index (χ1) is 26.2. The van der Waals surface area contributed by atoms with Crippen LogP contribution in [0.4, 0.5) is 11.4 Å². The van der Waals surface area contributed by atoms with Crippen molar-refractivity contribution in [3.05, 3.63) is 93.7 Å². The molecule has 0 saturated heterocycles. The Bertz CT molecular complexity index is 2570. The molecule has 57 heavy (non-hydrogen) atoms. The molecule has 0 spiro atoms. The SMILES string of the molecule is CC1(C)C(/C=C/C2=C(Cl)C(=C/C=C3/N(CCCCS(=O)(=O)[O-])c4ccc(S(=O)(=O)O)cc4C3(C)C)/CCC2)=[N+](CCCCS(=O)(=O)O)c2ccc(S(=O)(=O)O)cc21. The Labute approximate surface area is 340 Å². The molecule has 0 atom stereocenters. The average Bonchev–Trinajstić information content (AvgIpc) is 3.43. The van der Waals surface area contributed by atoms with Crippen molar-refractivity contribution in [1.82, 2.24) is 0 Å². The summed E-state index contributed by atoms with van der Waals surface area (Å²) in [6.45, 7) is 8.33. The minimum absolute atomic E-state index is 0.129. The second kappa shape index (κ2) is 16.5. The highest BCUT2D eigenvalue weighted by Crippen LogP contribution is 2.49. The van der Waals surface area contributed by atoms with E-state index < -0.39 is 62.8 Å². The smallest absolute Gasteiger partial charge is 0.294 e. The van der Waals surface area contributed by atoms with Crippen molar-refractivity contribution in [2.45, 2.75) is 93.3 Å². The fraction of sp³-hybridized carbons (Fsp3) is 0.447. The molecule has 0 bridgehead atoms. The molecule has 5 rings (SSSR count). The van der Waals surface area contributed by atoms with Gasteiger partial charge in [0, 0.05) is 58.3 Å². The maximum absolute atomic E-state index is 12.0. The van der Waals surface area contributed by atoms with Crippen molar-refractivity contribution >= 4 is 69.2 Å². The molecule has 3 N–H and O–H groups in total. The van der Waals surface area contributed by atoms with E-state index in [-0.39, 0.29) is 22.6 Å². The molecule has 0 aromatic heterocycles. The number of unbranched alkanes of at least 4 members (excludes halogenated alkanes) is 2. The lowest BCUT2D eigenvalue weighted by Crippen LogP contribution is -2.28. The Morgan fingerprint density at radius 1 is 0.772 bits per heavy atom. The van der Waals surface area contributed by atoms with Gasteiger partial charge in [-0.15, -0.1) is 0 Å². The lowest BCUT2D eigenvalue weighted by atomic mass is 9.81. The molecular weight excluding hydrogens is 840 g/mol. The van der Waals surface area contributed by atoms with Crippen LogP contribution < -0.4 is 4.90 Å². The predicted molar refractivity (Wildman–Crippen MR) is 217 cm³/mol. The normalized spacial score (nSPS) is 20.0. The molecule has 0 radical (unpaired) electrons. The van der Waals surface area contributed by atoms with Crippen LogP contribution in [0.1, 0.15) is 83.8 Å². The molecule has 19 heteroatoms. The second-order valence-electron chi connectivity index (χ2n) is 15.5. The summed E-state index contributed by atoms with van der Waals surface area (Å²) in [4.78, 5) is 1.44. The molecule has 312 valence electrons. The summed E-state index contributed by atoms with van der Waals surface area (Å²) in [5.41, 5.74) is 4.35. The lowest BCUT2D eigenvalue weighted by molar-refractivity contribution is -0.438. The average molecular weight is 888 g/mol. The van der Waals surface area contributed by atoms with Crippen LogP contribution in [0.3, 0.4) is 0 Å². The van der Waals surface area contributed by atoms with Crippen molar-refractivity contribution in [2.75, 3.05) is 29.5 Å². The van der Waals surface area contributed by atoms with E-state index in [4.69, 9.17) is 11.6 Å². The largest absolute Gasteiger partial charge is 0.748 e. The topological polar surface area (TPSA) is 227 Å².